The number of nitrogens with one attached hydrogen (secondary N) is 1. The maximum atomic E-state index is 13.3. The van der Waals surface area contributed by atoms with Crippen molar-refractivity contribution in [2.75, 3.05) is 38.7 Å². The van der Waals surface area contributed by atoms with E-state index >= 15 is 0 Å². The van der Waals surface area contributed by atoms with Crippen LogP contribution in [0.1, 0.15) is 24.3 Å². The Morgan fingerprint density at radius 2 is 1.63 bits per heavy atom. The number of para-hydroxylation sites is 2. The minimum Gasteiger partial charge on any atom is -0.495 e. The van der Waals surface area contributed by atoms with Crippen molar-refractivity contribution < 1.29 is 14.6 Å². The van der Waals surface area contributed by atoms with Gasteiger partial charge < -0.3 is 20.1 Å². The van der Waals surface area contributed by atoms with Crippen LogP contribution in [-0.4, -0.2) is 66.4 Å². The first-order valence-electron chi connectivity index (χ1n) is 12.4. The molecule has 0 bridgehead atoms. The number of carbonyl (C=O) groups is 1. The van der Waals surface area contributed by atoms with E-state index in [1.54, 1.807) is 7.11 Å². The molecule has 2 heterocycles. The number of aliphatic hydroxyl groups is 1. The van der Waals surface area contributed by atoms with Crippen molar-refractivity contribution in [1.82, 2.24) is 9.80 Å². The Morgan fingerprint density at radius 1 is 0.943 bits per heavy atom. The summed E-state index contributed by atoms with van der Waals surface area (Å²) in [5.74, 6) is 0.833. The quantitative estimate of drug-likeness (QED) is 0.560. The second-order valence-corrected chi connectivity index (χ2v) is 9.35. The van der Waals surface area contributed by atoms with Crippen molar-refractivity contribution in [2.45, 2.75) is 30.8 Å². The third kappa shape index (κ3) is 4.77. The van der Waals surface area contributed by atoms with Gasteiger partial charge >= 0.3 is 6.03 Å². The first kappa shape index (κ1) is 23.4. The summed E-state index contributed by atoms with van der Waals surface area (Å²) in [5, 5.41) is 13.3. The first-order chi connectivity index (χ1) is 17.2. The highest BCUT2D eigenvalue weighted by molar-refractivity contribution is 5.91. The lowest BCUT2D eigenvalue weighted by atomic mass is 9.74. The van der Waals surface area contributed by atoms with Crippen molar-refractivity contribution in [2.24, 2.45) is 0 Å². The number of hydrogen-bond donors (Lipinski definition) is 2. The third-order valence-corrected chi connectivity index (χ3v) is 7.41. The first-order valence-corrected chi connectivity index (χ1v) is 12.4. The van der Waals surface area contributed by atoms with Gasteiger partial charge in [-0.25, -0.2) is 4.79 Å². The molecule has 0 aliphatic carbocycles. The van der Waals surface area contributed by atoms with Crippen LogP contribution in [0.2, 0.25) is 0 Å². The molecule has 0 saturated carbocycles. The van der Waals surface area contributed by atoms with E-state index < -0.39 is 0 Å². The highest BCUT2D eigenvalue weighted by atomic mass is 16.5. The number of rotatable bonds is 5. The lowest BCUT2D eigenvalue weighted by molar-refractivity contribution is -0.0585. The van der Waals surface area contributed by atoms with E-state index in [2.05, 4.69) is 46.6 Å². The van der Waals surface area contributed by atoms with Crippen LogP contribution in [0.3, 0.4) is 0 Å². The molecule has 2 amide bonds. The summed E-state index contributed by atoms with van der Waals surface area (Å²) in [5.41, 5.74) is 4.27. The number of anilines is 1. The summed E-state index contributed by atoms with van der Waals surface area (Å²) in [6.45, 7) is 2.42. The Morgan fingerprint density at radius 3 is 2.37 bits per heavy atom. The zero-order valence-electron chi connectivity index (χ0n) is 20.1. The molecule has 3 atom stereocenters. The van der Waals surface area contributed by atoms with E-state index in [4.69, 9.17) is 4.74 Å². The van der Waals surface area contributed by atoms with Gasteiger partial charge in [-0.15, -0.1) is 0 Å². The Hall–Kier alpha value is -3.35. The van der Waals surface area contributed by atoms with E-state index in [-0.39, 0.29) is 30.6 Å². The minimum absolute atomic E-state index is 0.0832. The average Bonchev–Trinajstić information content (AvgIpc) is 2.89. The third-order valence-electron chi connectivity index (χ3n) is 7.41. The van der Waals surface area contributed by atoms with Crippen LogP contribution in [0.25, 0.3) is 11.1 Å². The largest absolute Gasteiger partial charge is 0.495 e. The highest BCUT2D eigenvalue weighted by Gasteiger charge is 2.49. The topological polar surface area (TPSA) is 65.0 Å². The Kier molecular flexibility index (Phi) is 7.02. The molecule has 35 heavy (non-hydrogen) atoms. The molecule has 0 radical (unpaired) electrons. The fourth-order valence-electron chi connectivity index (χ4n) is 5.60. The van der Waals surface area contributed by atoms with Crippen LogP contribution in [-0.2, 0) is 0 Å². The molecule has 5 rings (SSSR count). The predicted molar refractivity (Wildman–Crippen MR) is 139 cm³/mol. The van der Waals surface area contributed by atoms with Crippen molar-refractivity contribution in [3.63, 3.8) is 0 Å². The van der Waals surface area contributed by atoms with Gasteiger partial charge in [-0.2, -0.15) is 0 Å². The molecule has 6 nitrogen and oxygen atoms in total. The summed E-state index contributed by atoms with van der Waals surface area (Å²) in [4.78, 5) is 17.6. The van der Waals surface area contributed by atoms with Gasteiger partial charge in [-0.3, -0.25) is 4.90 Å². The molecule has 2 fully saturated rings. The highest BCUT2D eigenvalue weighted by Crippen LogP contribution is 2.42. The Bertz CT molecular complexity index is 1140. The molecular formula is C29H33N3O3. The van der Waals surface area contributed by atoms with Crippen LogP contribution in [0, 0.1) is 0 Å². The smallest absolute Gasteiger partial charge is 0.322 e. The maximum Gasteiger partial charge on any atom is 0.322 e. The van der Waals surface area contributed by atoms with Gasteiger partial charge in [0.05, 0.1) is 19.4 Å². The second-order valence-electron chi connectivity index (χ2n) is 9.35. The molecule has 2 N–H and O–H groups in total. The monoisotopic (exact) mass is 471 g/mol. The SMILES string of the molecule is COc1ccccc1NC(=O)N1CCCCN2[C@H](CO)[C@@H](c3ccc(-c4ccccc4)cc3)[C@@H]2C1. The summed E-state index contributed by atoms with van der Waals surface area (Å²) >= 11 is 0. The molecule has 0 unspecified atom stereocenters. The normalized spacial score (nSPS) is 22.3. The number of methoxy groups -OCH3 is 1. The Labute approximate surface area is 207 Å². The number of carbonyl (C=O) groups excluding carboxylic acids is 1. The zero-order chi connectivity index (χ0) is 24.2. The number of amides is 2. The molecule has 2 saturated heterocycles. The summed E-state index contributed by atoms with van der Waals surface area (Å²) in [6.07, 6.45) is 1.95. The number of urea groups is 1. The molecule has 0 aromatic heterocycles. The van der Waals surface area contributed by atoms with Gasteiger partial charge in [0.2, 0.25) is 0 Å². The maximum absolute atomic E-state index is 13.3. The predicted octanol–water partition coefficient (Wildman–Crippen LogP) is 4.82. The summed E-state index contributed by atoms with van der Waals surface area (Å²) < 4.78 is 5.40. The molecular weight excluding hydrogens is 438 g/mol. The number of benzene rings is 3. The van der Waals surface area contributed by atoms with E-state index in [1.165, 1.54) is 16.7 Å². The van der Waals surface area contributed by atoms with Crippen LogP contribution in [0.15, 0.2) is 78.9 Å². The van der Waals surface area contributed by atoms with E-state index in [0.717, 1.165) is 25.9 Å². The lowest BCUT2D eigenvalue weighted by Gasteiger charge is -2.57. The summed E-state index contributed by atoms with van der Waals surface area (Å²) in [6, 6.07) is 26.7. The number of aliphatic hydroxyl groups excluding tert-OH is 1. The Balaban J connectivity index is 1.35. The fourth-order valence-corrected chi connectivity index (χ4v) is 5.60. The van der Waals surface area contributed by atoms with Crippen LogP contribution < -0.4 is 10.1 Å². The minimum atomic E-state index is -0.109. The van der Waals surface area contributed by atoms with E-state index in [9.17, 15) is 9.90 Å². The van der Waals surface area contributed by atoms with E-state index in [0.29, 0.717) is 18.0 Å². The van der Waals surface area contributed by atoms with Crippen molar-refractivity contribution in [1.29, 1.82) is 0 Å². The number of fused-ring (bicyclic) bond motifs is 1. The fraction of sp³-hybridized carbons (Fsp3) is 0.345. The lowest BCUT2D eigenvalue weighted by Crippen LogP contribution is -2.68. The molecule has 0 spiro atoms. The van der Waals surface area contributed by atoms with Crippen molar-refractivity contribution in [3.05, 3.63) is 84.4 Å². The van der Waals surface area contributed by atoms with Gasteiger partial charge in [0.25, 0.3) is 0 Å². The second kappa shape index (κ2) is 10.5. The van der Waals surface area contributed by atoms with Gasteiger partial charge in [0, 0.05) is 31.1 Å². The molecule has 2 aliphatic heterocycles. The molecule has 6 heteroatoms. The van der Waals surface area contributed by atoms with Gasteiger partial charge in [-0.1, -0.05) is 66.7 Å². The molecule has 182 valence electrons. The van der Waals surface area contributed by atoms with Crippen molar-refractivity contribution >= 4 is 11.7 Å². The standard InChI is InChI=1S/C29H33N3O3/c1-35-27-12-6-5-11-24(27)30-29(34)31-17-7-8-18-32-25(19-31)28(26(32)20-33)23-15-13-22(14-16-23)21-9-3-2-4-10-21/h2-6,9-16,25-26,28,33H,7-8,17-20H2,1H3,(H,30,34)/t25-,26+,28-/m0/s1. The van der Waals surface area contributed by atoms with Gasteiger partial charge in [0.15, 0.2) is 0 Å². The van der Waals surface area contributed by atoms with E-state index in [1.807, 2.05) is 47.4 Å². The number of hydrogen-bond acceptors (Lipinski definition) is 4. The molecule has 2 aliphatic rings. The molecule has 3 aromatic rings. The zero-order valence-corrected chi connectivity index (χ0v) is 20.1. The van der Waals surface area contributed by atoms with Crippen LogP contribution >= 0.6 is 0 Å². The van der Waals surface area contributed by atoms with Crippen molar-refractivity contribution in [3.8, 4) is 16.9 Å². The van der Waals surface area contributed by atoms with Crippen LogP contribution in [0.5, 0.6) is 5.75 Å². The van der Waals surface area contributed by atoms with Gasteiger partial charge in [-0.05, 0) is 48.2 Å². The number of nitrogens with zero attached hydrogens (tertiary/aromatic N) is 2. The average molecular weight is 472 g/mol. The summed E-state index contributed by atoms with van der Waals surface area (Å²) in [7, 11) is 1.61. The van der Waals surface area contributed by atoms with Crippen LogP contribution in [0.4, 0.5) is 10.5 Å². The van der Waals surface area contributed by atoms with Gasteiger partial charge in [0.1, 0.15) is 5.75 Å². The molecule has 3 aromatic carbocycles. The number of ether oxygens (including phenoxy) is 1.